The van der Waals surface area contributed by atoms with E-state index < -0.39 is 0 Å². The number of nitrogens with one attached hydrogen (secondary N) is 1. The SMILES string of the molecule is Cc1nn(-c2ccccc2)c(Cl)c1/C=N/NC(=O)Cc1ccccc1. The number of amides is 1. The van der Waals surface area contributed by atoms with Crippen LogP contribution in [-0.4, -0.2) is 21.9 Å². The van der Waals surface area contributed by atoms with Crippen molar-refractivity contribution in [3.63, 3.8) is 0 Å². The second kappa shape index (κ2) is 7.77. The summed E-state index contributed by atoms with van der Waals surface area (Å²) in [5, 5.41) is 8.88. The first-order valence-corrected chi connectivity index (χ1v) is 8.19. The Labute approximate surface area is 150 Å². The van der Waals surface area contributed by atoms with Crippen molar-refractivity contribution in [3.05, 3.63) is 82.6 Å². The van der Waals surface area contributed by atoms with Gasteiger partial charge < -0.3 is 0 Å². The molecule has 2 aromatic carbocycles. The molecule has 0 bridgehead atoms. The molecule has 5 nitrogen and oxygen atoms in total. The molecule has 0 aliphatic carbocycles. The van der Waals surface area contributed by atoms with Gasteiger partial charge in [0.1, 0.15) is 5.15 Å². The molecule has 3 rings (SSSR count). The van der Waals surface area contributed by atoms with Crippen molar-refractivity contribution < 1.29 is 4.79 Å². The minimum absolute atomic E-state index is 0.188. The highest BCUT2D eigenvalue weighted by Crippen LogP contribution is 2.21. The zero-order valence-electron chi connectivity index (χ0n) is 13.7. The van der Waals surface area contributed by atoms with Crippen LogP contribution in [0.2, 0.25) is 5.15 Å². The molecule has 0 radical (unpaired) electrons. The third kappa shape index (κ3) is 4.14. The van der Waals surface area contributed by atoms with Crippen molar-refractivity contribution in [1.82, 2.24) is 15.2 Å². The summed E-state index contributed by atoms with van der Waals surface area (Å²) in [4.78, 5) is 11.9. The molecule has 0 atom stereocenters. The highest BCUT2D eigenvalue weighted by Gasteiger charge is 2.13. The van der Waals surface area contributed by atoms with Gasteiger partial charge in [-0.1, -0.05) is 60.1 Å². The maximum absolute atomic E-state index is 11.9. The Morgan fingerprint density at radius 2 is 1.80 bits per heavy atom. The van der Waals surface area contributed by atoms with Gasteiger partial charge >= 0.3 is 0 Å². The summed E-state index contributed by atoms with van der Waals surface area (Å²) in [5.74, 6) is -0.188. The highest BCUT2D eigenvalue weighted by atomic mass is 35.5. The van der Waals surface area contributed by atoms with Crippen molar-refractivity contribution in [1.29, 1.82) is 0 Å². The Morgan fingerprint density at radius 1 is 1.16 bits per heavy atom. The second-order valence-electron chi connectivity index (χ2n) is 5.49. The molecule has 1 amide bonds. The van der Waals surface area contributed by atoms with E-state index in [0.717, 1.165) is 16.9 Å². The van der Waals surface area contributed by atoms with E-state index in [2.05, 4.69) is 15.6 Å². The van der Waals surface area contributed by atoms with Gasteiger partial charge in [-0.05, 0) is 24.6 Å². The predicted octanol–water partition coefficient (Wildman–Crippen LogP) is 3.53. The molecule has 126 valence electrons. The van der Waals surface area contributed by atoms with Gasteiger partial charge in [0, 0.05) is 0 Å². The molecule has 0 fully saturated rings. The normalized spacial score (nSPS) is 11.0. The van der Waals surface area contributed by atoms with Crippen LogP contribution < -0.4 is 5.43 Å². The van der Waals surface area contributed by atoms with E-state index in [1.165, 1.54) is 6.21 Å². The lowest BCUT2D eigenvalue weighted by atomic mass is 10.1. The Balaban J connectivity index is 1.70. The Morgan fingerprint density at radius 3 is 2.48 bits per heavy atom. The number of benzene rings is 2. The highest BCUT2D eigenvalue weighted by molar-refractivity contribution is 6.32. The molecule has 6 heteroatoms. The molecule has 1 heterocycles. The quantitative estimate of drug-likeness (QED) is 0.564. The summed E-state index contributed by atoms with van der Waals surface area (Å²) in [6.07, 6.45) is 1.79. The van der Waals surface area contributed by atoms with E-state index in [1.807, 2.05) is 67.6 Å². The molecule has 0 saturated carbocycles. The van der Waals surface area contributed by atoms with Gasteiger partial charge in [-0.15, -0.1) is 0 Å². The lowest BCUT2D eigenvalue weighted by molar-refractivity contribution is -0.120. The van der Waals surface area contributed by atoms with Crippen LogP contribution in [0.15, 0.2) is 65.8 Å². The number of carbonyl (C=O) groups excluding carboxylic acids is 1. The first kappa shape index (κ1) is 16.9. The van der Waals surface area contributed by atoms with Crippen LogP contribution in [0.3, 0.4) is 0 Å². The molecule has 25 heavy (non-hydrogen) atoms. The Hall–Kier alpha value is -2.92. The van der Waals surface area contributed by atoms with Crippen LogP contribution in [0, 0.1) is 6.92 Å². The van der Waals surface area contributed by atoms with E-state index >= 15 is 0 Å². The minimum atomic E-state index is -0.188. The number of para-hydroxylation sites is 1. The van der Waals surface area contributed by atoms with Crippen molar-refractivity contribution in [2.24, 2.45) is 5.10 Å². The van der Waals surface area contributed by atoms with Gasteiger partial charge in [0.25, 0.3) is 0 Å². The zero-order valence-corrected chi connectivity index (χ0v) is 14.4. The summed E-state index contributed by atoms with van der Waals surface area (Å²) in [7, 11) is 0. The summed E-state index contributed by atoms with van der Waals surface area (Å²) in [6, 6.07) is 19.1. The van der Waals surface area contributed by atoms with Crippen LogP contribution in [0.4, 0.5) is 0 Å². The number of hydrogen-bond donors (Lipinski definition) is 1. The zero-order chi connectivity index (χ0) is 17.6. The van der Waals surface area contributed by atoms with Crippen molar-refractivity contribution in [2.75, 3.05) is 0 Å². The van der Waals surface area contributed by atoms with E-state index in [0.29, 0.717) is 10.7 Å². The number of hydrogen-bond acceptors (Lipinski definition) is 3. The lowest BCUT2D eigenvalue weighted by Crippen LogP contribution is -2.19. The fourth-order valence-electron chi connectivity index (χ4n) is 2.39. The van der Waals surface area contributed by atoms with E-state index in [-0.39, 0.29) is 12.3 Å². The van der Waals surface area contributed by atoms with Gasteiger partial charge in [-0.3, -0.25) is 4.79 Å². The fourth-order valence-corrected chi connectivity index (χ4v) is 2.71. The van der Waals surface area contributed by atoms with Crippen LogP contribution in [0.5, 0.6) is 0 Å². The van der Waals surface area contributed by atoms with E-state index in [1.54, 1.807) is 4.68 Å². The molecule has 0 aliphatic heterocycles. The number of rotatable bonds is 5. The molecular formula is C19H17ClN4O. The fraction of sp³-hybridized carbons (Fsp3) is 0.105. The maximum Gasteiger partial charge on any atom is 0.244 e. The second-order valence-corrected chi connectivity index (χ2v) is 5.85. The van der Waals surface area contributed by atoms with E-state index in [4.69, 9.17) is 11.6 Å². The van der Waals surface area contributed by atoms with Gasteiger partial charge in [0.05, 0.1) is 29.6 Å². The largest absolute Gasteiger partial charge is 0.273 e. The summed E-state index contributed by atoms with van der Waals surface area (Å²) in [6.45, 7) is 1.85. The average Bonchev–Trinajstić information content (AvgIpc) is 2.91. The smallest absolute Gasteiger partial charge is 0.244 e. The van der Waals surface area contributed by atoms with Gasteiger partial charge in [-0.2, -0.15) is 10.2 Å². The Kier molecular flexibility index (Phi) is 5.26. The number of halogens is 1. The number of aryl methyl sites for hydroxylation is 1. The maximum atomic E-state index is 11.9. The molecule has 1 N–H and O–H groups in total. The number of carbonyl (C=O) groups is 1. The van der Waals surface area contributed by atoms with Gasteiger partial charge in [0.2, 0.25) is 5.91 Å². The summed E-state index contributed by atoms with van der Waals surface area (Å²) < 4.78 is 1.64. The number of nitrogens with zero attached hydrogens (tertiary/aromatic N) is 3. The average molecular weight is 353 g/mol. The van der Waals surface area contributed by atoms with Gasteiger partial charge in [-0.25, -0.2) is 10.1 Å². The molecule has 0 spiro atoms. The molecule has 0 saturated heterocycles. The van der Waals surface area contributed by atoms with Crippen molar-refractivity contribution in [3.8, 4) is 5.69 Å². The third-order valence-corrected chi connectivity index (χ3v) is 4.00. The lowest BCUT2D eigenvalue weighted by Gasteiger charge is -2.02. The van der Waals surface area contributed by atoms with Crippen molar-refractivity contribution >= 4 is 23.7 Å². The first-order chi connectivity index (χ1) is 12.1. The van der Waals surface area contributed by atoms with Crippen LogP contribution in [-0.2, 0) is 11.2 Å². The molecular weight excluding hydrogens is 336 g/mol. The number of hydrazone groups is 1. The number of aromatic nitrogens is 2. The standard InChI is InChI=1S/C19H17ClN4O/c1-14-17(19(20)24(23-14)16-10-6-3-7-11-16)13-21-22-18(25)12-15-8-4-2-5-9-15/h2-11,13H,12H2,1H3,(H,22,25)/b21-13+. The predicted molar refractivity (Wildman–Crippen MR) is 99.2 cm³/mol. The Bertz CT molecular complexity index is 889. The van der Waals surface area contributed by atoms with Crippen LogP contribution >= 0.6 is 11.6 Å². The summed E-state index contributed by atoms with van der Waals surface area (Å²) >= 11 is 6.41. The van der Waals surface area contributed by atoms with E-state index in [9.17, 15) is 4.79 Å². The topological polar surface area (TPSA) is 59.3 Å². The van der Waals surface area contributed by atoms with Crippen LogP contribution in [0.25, 0.3) is 5.69 Å². The molecule has 0 unspecified atom stereocenters. The first-order valence-electron chi connectivity index (χ1n) is 7.81. The minimum Gasteiger partial charge on any atom is -0.273 e. The monoisotopic (exact) mass is 352 g/mol. The third-order valence-electron chi connectivity index (χ3n) is 3.64. The van der Waals surface area contributed by atoms with Crippen LogP contribution in [0.1, 0.15) is 16.8 Å². The van der Waals surface area contributed by atoms with Gasteiger partial charge in [0.15, 0.2) is 0 Å². The van der Waals surface area contributed by atoms with Crippen molar-refractivity contribution in [2.45, 2.75) is 13.3 Å². The summed E-state index contributed by atoms with van der Waals surface area (Å²) in [5.41, 5.74) is 5.72. The molecule has 1 aromatic heterocycles. The molecule has 3 aromatic rings. The molecule has 0 aliphatic rings.